The third-order valence-electron chi connectivity index (χ3n) is 2.03. The molecule has 0 spiro atoms. The van der Waals surface area contributed by atoms with Gasteiger partial charge in [0.1, 0.15) is 0 Å². The molecule has 0 radical (unpaired) electrons. The molecule has 0 amide bonds. The maximum absolute atomic E-state index is 7.10. The zero-order valence-corrected chi connectivity index (χ0v) is 9.00. The maximum Gasteiger partial charge on any atom is 0.0250 e. The van der Waals surface area contributed by atoms with Crippen LogP contribution in [0.4, 0.5) is 0 Å². The van der Waals surface area contributed by atoms with Crippen molar-refractivity contribution in [3.05, 3.63) is 60.2 Å². The summed E-state index contributed by atoms with van der Waals surface area (Å²) in [6.45, 7) is 0. The van der Waals surface area contributed by atoms with Gasteiger partial charge in [-0.25, -0.2) is 0 Å². The van der Waals surface area contributed by atoms with Crippen LogP contribution in [0.2, 0.25) is 0 Å². The first-order chi connectivity index (χ1) is 7.38. The molecule has 2 heteroatoms. The van der Waals surface area contributed by atoms with Crippen LogP contribution >= 0.6 is 11.8 Å². The molecule has 0 unspecified atom stereocenters. The lowest BCUT2D eigenvalue weighted by atomic mass is 10.2. The van der Waals surface area contributed by atoms with E-state index >= 15 is 0 Å². The molecule has 0 fully saturated rings. The van der Waals surface area contributed by atoms with Gasteiger partial charge in [0.05, 0.1) is 0 Å². The van der Waals surface area contributed by atoms with Crippen LogP contribution in [0.5, 0.6) is 0 Å². The molecule has 0 bridgehead atoms. The molecule has 2 aromatic rings. The van der Waals surface area contributed by atoms with Gasteiger partial charge in [-0.15, -0.1) is 0 Å². The first-order valence-corrected chi connectivity index (χ1v) is 5.53. The van der Waals surface area contributed by atoms with Gasteiger partial charge >= 0.3 is 0 Å². The van der Waals surface area contributed by atoms with Crippen molar-refractivity contribution in [2.75, 3.05) is 0 Å². The average molecular weight is 213 g/mol. The van der Waals surface area contributed by atoms with E-state index < -0.39 is 0 Å². The predicted molar refractivity (Wildman–Crippen MR) is 64.9 cm³/mol. The third kappa shape index (κ3) is 2.70. The van der Waals surface area contributed by atoms with Crippen LogP contribution in [-0.4, -0.2) is 6.21 Å². The van der Waals surface area contributed by atoms with Crippen molar-refractivity contribution < 1.29 is 0 Å². The van der Waals surface area contributed by atoms with Gasteiger partial charge in [-0.05, 0) is 29.8 Å². The first kappa shape index (κ1) is 9.99. The zero-order chi connectivity index (χ0) is 10.5. The molecule has 2 aromatic carbocycles. The van der Waals surface area contributed by atoms with Crippen LogP contribution in [0, 0.1) is 5.41 Å². The Labute approximate surface area is 93.7 Å². The highest BCUT2D eigenvalue weighted by atomic mass is 32.2. The summed E-state index contributed by atoms with van der Waals surface area (Å²) in [6.07, 6.45) is 1.36. The summed E-state index contributed by atoms with van der Waals surface area (Å²) in [6, 6.07) is 18.3. The van der Waals surface area contributed by atoms with Gasteiger partial charge in [0.2, 0.25) is 0 Å². The summed E-state index contributed by atoms with van der Waals surface area (Å²) >= 11 is 1.73. The van der Waals surface area contributed by atoms with Crippen molar-refractivity contribution in [1.82, 2.24) is 0 Å². The summed E-state index contributed by atoms with van der Waals surface area (Å²) < 4.78 is 0. The van der Waals surface area contributed by atoms with Crippen LogP contribution in [0.25, 0.3) is 0 Å². The van der Waals surface area contributed by atoms with Crippen molar-refractivity contribution in [3.63, 3.8) is 0 Å². The summed E-state index contributed by atoms with van der Waals surface area (Å²) in [5.41, 5.74) is 0.937. The molecular weight excluding hydrogens is 202 g/mol. The molecule has 0 saturated heterocycles. The number of hydrogen-bond donors (Lipinski definition) is 1. The minimum absolute atomic E-state index is 0.937. The fourth-order valence-electron chi connectivity index (χ4n) is 1.26. The number of nitrogens with one attached hydrogen (secondary N) is 1. The van der Waals surface area contributed by atoms with Crippen LogP contribution in [0.15, 0.2) is 64.4 Å². The standard InChI is InChI=1S/C13H11NS/c14-10-11-6-8-13(9-7-11)15-12-4-2-1-3-5-12/h1-10,14H. The van der Waals surface area contributed by atoms with Gasteiger partial charge in [0.25, 0.3) is 0 Å². The SMILES string of the molecule is N=Cc1ccc(Sc2ccccc2)cc1. The van der Waals surface area contributed by atoms with Crippen molar-refractivity contribution in [3.8, 4) is 0 Å². The number of rotatable bonds is 3. The summed E-state index contributed by atoms with van der Waals surface area (Å²) in [4.78, 5) is 2.44. The second-order valence-electron chi connectivity index (χ2n) is 3.13. The fourth-order valence-corrected chi connectivity index (χ4v) is 2.09. The Morgan fingerprint density at radius 3 is 2.00 bits per heavy atom. The Morgan fingerprint density at radius 1 is 0.800 bits per heavy atom. The van der Waals surface area contributed by atoms with Crippen molar-refractivity contribution >= 4 is 18.0 Å². The Bertz CT molecular complexity index is 434. The number of hydrogen-bond acceptors (Lipinski definition) is 2. The second kappa shape index (κ2) is 4.80. The predicted octanol–water partition coefficient (Wildman–Crippen LogP) is 3.84. The highest BCUT2D eigenvalue weighted by Gasteiger charge is 1.95. The molecule has 1 nitrogen and oxygen atoms in total. The van der Waals surface area contributed by atoms with E-state index in [9.17, 15) is 0 Å². The molecule has 0 aliphatic carbocycles. The average Bonchev–Trinajstić information content (AvgIpc) is 2.31. The highest BCUT2D eigenvalue weighted by molar-refractivity contribution is 7.99. The van der Waals surface area contributed by atoms with Gasteiger partial charge < -0.3 is 5.41 Å². The largest absolute Gasteiger partial charge is 0.308 e. The molecule has 15 heavy (non-hydrogen) atoms. The molecule has 2 rings (SSSR count). The van der Waals surface area contributed by atoms with E-state index in [1.54, 1.807) is 11.8 Å². The monoisotopic (exact) mass is 213 g/mol. The van der Waals surface area contributed by atoms with Crippen LogP contribution in [0.3, 0.4) is 0 Å². The van der Waals surface area contributed by atoms with Crippen molar-refractivity contribution in [1.29, 1.82) is 5.41 Å². The molecule has 0 heterocycles. The van der Waals surface area contributed by atoms with E-state index in [-0.39, 0.29) is 0 Å². The molecule has 74 valence electrons. The molecule has 0 aliphatic rings. The summed E-state index contributed by atoms with van der Waals surface area (Å²) in [5, 5.41) is 7.10. The van der Waals surface area contributed by atoms with Crippen LogP contribution < -0.4 is 0 Å². The Balaban J connectivity index is 2.15. The van der Waals surface area contributed by atoms with E-state index in [0.29, 0.717) is 0 Å². The van der Waals surface area contributed by atoms with E-state index in [1.807, 2.05) is 42.5 Å². The summed E-state index contributed by atoms with van der Waals surface area (Å²) in [7, 11) is 0. The topological polar surface area (TPSA) is 23.9 Å². The highest BCUT2D eigenvalue weighted by Crippen LogP contribution is 2.26. The van der Waals surface area contributed by atoms with Crippen molar-refractivity contribution in [2.24, 2.45) is 0 Å². The lowest BCUT2D eigenvalue weighted by Gasteiger charge is -2.01. The Kier molecular flexibility index (Phi) is 3.20. The zero-order valence-electron chi connectivity index (χ0n) is 8.18. The maximum atomic E-state index is 7.10. The molecule has 1 N–H and O–H groups in total. The van der Waals surface area contributed by atoms with E-state index in [1.165, 1.54) is 16.0 Å². The molecule has 0 aliphatic heterocycles. The quantitative estimate of drug-likeness (QED) is 0.769. The Morgan fingerprint density at radius 2 is 1.40 bits per heavy atom. The normalized spacial score (nSPS) is 9.87. The smallest absolute Gasteiger partial charge is 0.0250 e. The van der Waals surface area contributed by atoms with E-state index in [2.05, 4.69) is 12.1 Å². The molecule has 0 atom stereocenters. The fraction of sp³-hybridized carbons (Fsp3) is 0. The minimum atomic E-state index is 0.937. The van der Waals surface area contributed by atoms with Gasteiger partial charge in [0.15, 0.2) is 0 Å². The molecule has 0 saturated carbocycles. The lowest BCUT2D eigenvalue weighted by molar-refractivity contribution is 1.40. The molecule has 0 aromatic heterocycles. The summed E-state index contributed by atoms with van der Waals surface area (Å²) in [5.74, 6) is 0. The third-order valence-corrected chi connectivity index (χ3v) is 3.04. The van der Waals surface area contributed by atoms with Gasteiger partial charge in [-0.3, -0.25) is 0 Å². The van der Waals surface area contributed by atoms with Gasteiger partial charge in [-0.1, -0.05) is 42.1 Å². The van der Waals surface area contributed by atoms with E-state index in [0.717, 1.165) is 5.56 Å². The van der Waals surface area contributed by atoms with Crippen LogP contribution in [-0.2, 0) is 0 Å². The number of benzene rings is 2. The lowest BCUT2D eigenvalue weighted by Crippen LogP contribution is -1.78. The first-order valence-electron chi connectivity index (χ1n) is 4.72. The second-order valence-corrected chi connectivity index (χ2v) is 4.28. The van der Waals surface area contributed by atoms with Gasteiger partial charge in [-0.2, -0.15) is 0 Å². The van der Waals surface area contributed by atoms with Crippen LogP contribution in [0.1, 0.15) is 5.56 Å². The Hall–Kier alpha value is -1.54. The van der Waals surface area contributed by atoms with Gasteiger partial charge in [0, 0.05) is 16.0 Å². The minimum Gasteiger partial charge on any atom is -0.308 e. The molecular formula is C13H11NS. The van der Waals surface area contributed by atoms with E-state index in [4.69, 9.17) is 5.41 Å². The van der Waals surface area contributed by atoms with Crippen molar-refractivity contribution in [2.45, 2.75) is 9.79 Å².